The molecule has 0 fully saturated rings. The maximum Gasteiger partial charge on any atom is 0.140 e. The Labute approximate surface area is 122 Å². The predicted molar refractivity (Wildman–Crippen MR) is 77.8 cm³/mol. The molecule has 0 unspecified atom stereocenters. The number of hydrogen-bond donors (Lipinski definition) is 0. The molecule has 2 rings (SSSR count). The quantitative estimate of drug-likeness (QED) is 0.846. The number of methoxy groups -OCH3 is 1. The van der Waals surface area contributed by atoms with E-state index in [2.05, 4.69) is 17.1 Å². The van der Waals surface area contributed by atoms with Gasteiger partial charge in [0.15, 0.2) is 0 Å². The number of ether oxygens (including phenoxy) is 2. The molecule has 0 aliphatic heterocycles. The molecule has 104 valence electrons. The molecule has 0 bridgehead atoms. The SMILES string of the molecule is COCc1nc(COc2cc(C)ccc2C)sc1C#N. The lowest BCUT2D eigenvalue weighted by molar-refractivity contribution is 0.181. The van der Waals surface area contributed by atoms with E-state index in [4.69, 9.17) is 14.7 Å². The second-order valence-corrected chi connectivity index (χ2v) is 5.57. The van der Waals surface area contributed by atoms with Gasteiger partial charge in [-0.05, 0) is 31.0 Å². The average molecular weight is 288 g/mol. The summed E-state index contributed by atoms with van der Waals surface area (Å²) in [4.78, 5) is 4.97. The Kier molecular flexibility index (Phi) is 4.72. The second-order valence-electron chi connectivity index (χ2n) is 4.49. The van der Waals surface area contributed by atoms with Crippen LogP contribution in [0.3, 0.4) is 0 Å². The van der Waals surface area contributed by atoms with Gasteiger partial charge < -0.3 is 9.47 Å². The van der Waals surface area contributed by atoms with Crippen LogP contribution in [0, 0.1) is 25.2 Å². The van der Waals surface area contributed by atoms with Crippen LogP contribution in [0.5, 0.6) is 5.75 Å². The fourth-order valence-corrected chi connectivity index (χ4v) is 2.56. The zero-order chi connectivity index (χ0) is 14.5. The summed E-state index contributed by atoms with van der Waals surface area (Å²) in [5.74, 6) is 0.854. The van der Waals surface area contributed by atoms with Gasteiger partial charge in [0.25, 0.3) is 0 Å². The molecular formula is C15H16N2O2S. The van der Waals surface area contributed by atoms with E-state index in [-0.39, 0.29) is 0 Å². The largest absolute Gasteiger partial charge is 0.486 e. The van der Waals surface area contributed by atoms with Crippen LogP contribution >= 0.6 is 11.3 Å². The summed E-state index contributed by atoms with van der Waals surface area (Å²) < 4.78 is 10.8. The Balaban J connectivity index is 2.11. The van der Waals surface area contributed by atoms with Crippen molar-refractivity contribution < 1.29 is 9.47 Å². The highest BCUT2D eigenvalue weighted by atomic mass is 32.1. The summed E-state index contributed by atoms with van der Waals surface area (Å²) in [5, 5.41) is 9.83. The van der Waals surface area contributed by atoms with Gasteiger partial charge >= 0.3 is 0 Å². The van der Waals surface area contributed by atoms with E-state index < -0.39 is 0 Å². The van der Waals surface area contributed by atoms with Crippen LogP contribution < -0.4 is 4.74 Å². The van der Waals surface area contributed by atoms with Crippen LogP contribution in [0.15, 0.2) is 18.2 Å². The van der Waals surface area contributed by atoms with Gasteiger partial charge in [-0.25, -0.2) is 4.98 Å². The summed E-state index contributed by atoms with van der Waals surface area (Å²) >= 11 is 1.35. The first-order chi connectivity index (χ1) is 9.63. The zero-order valence-electron chi connectivity index (χ0n) is 11.8. The van der Waals surface area contributed by atoms with Crippen LogP contribution in [0.1, 0.15) is 26.7 Å². The van der Waals surface area contributed by atoms with Crippen molar-refractivity contribution in [3.05, 3.63) is 44.9 Å². The first kappa shape index (κ1) is 14.5. The maximum absolute atomic E-state index is 9.05. The van der Waals surface area contributed by atoms with Gasteiger partial charge in [-0.1, -0.05) is 12.1 Å². The number of aryl methyl sites for hydroxylation is 2. The van der Waals surface area contributed by atoms with E-state index >= 15 is 0 Å². The molecule has 0 spiro atoms. The van der Waals surface area contributed by atoms with Gasteiger partial charge in [0, 0.05) is 7.11 Å². The number of aromatic nitrogens is 1. The summed E-state index contributed by atoms with van der Waals surface area (Å²) in [6.45, 7) is 4.75. The van der Waals surface area contributed by atoms with Gasteiger partial charge in [0.1, 0.15) is 28.3 Å². The Morgan fingerprint density at radius 1 is 1.30 bits per heavy atom. The van der Waals surface area contributed by atoms with Crippen molar-refractivity contribution in [2.24, 2.45) is 0 Å². The van der Waals surface area contributed by atoms with Crippen molar-refractivity contribution in [3.63, 3.8) is 0 Å². The van der Waals surface area contributed by atoms with Crippen molar-refractivity contribution in [2.75, 3.05) is 7.11 Å². The Morgan fingerprint density at radius 2 is 2.10 bits per heavy atom. The summed E-state index contributed by atoms with van der Waals surface area (Å²) in [6, 6.07) is 8.23. The highest BCUT2D eigenvalue weighted by Gasteiger charge is 2.11. The van der Waals surface area contributed by atoms with Crippen LogP contribution in [0.4, 0.5) is 0 Å². The molecule has 0 saturated carbocycles. The molecule has 5 heteroatoms. The minimum atomic E-state index is 0.350. The molecule has 4 nitrogen and oxygen atoms in total. The van der Waals surface area contributed by atoms with Crippen molar-refractivity contribution in [3.8, 4) is 11.8 Å². The monoisotopic (exact) mass is 288 g/mol. The lowest BCUT2D eigenvalue weighted by Crippen LogP contribution is -1.98. The third-order valence-electron chi connectivity index (χ3n) is 2.82. The van der Waals surface area contributed by atoms with E-state index in [0.29, 0.717) is 23.8 Å². The topological polar surface area (TPSA) is 55.1 Å². The normalized spacial score (nSPS) is 10.3. The van der Waals surface area contributed by atoms with Gasteiger partial charge in [-0.15, -0.1) is 11.3 Å². The van der Waals surface area contributed by atoms with E-state index in [1.54, 1.807) is 7.11 Å². The number of nitriles is 1. The highest BCUT2D eigenvalue weighted by molar-refractivity contribution is 7.12. The molecule has 2 aromatic rings. The van der Waals surface area contributed by atoms with Crippen molar-refractivity contribution in [2.45, 2.75) is 27.1 Å². The van der Waals surface area contributed by atoms with Crippen molar-refractivity contribution in [1.29, 1.82) is 5.26 Å². The lowest BCUT2D eigenvalue weighted by atomic mass is 10.1. The molecule has 1 aromatic heterocycles. The molecule has 0 N–H and O–H groups in total. The van der Waals surface area contributed by atoms with Gasteiger partial charge in [0.05, 0.1) is 12.3 Å². The minimum absolute atomic E-state index is 0.350. The van der Waals surface area contributed by atoms with Crippen LogP contribution in [-0.2, 0) is 18.0 Å². The van der Waals surface area contributed by atoms with Crippen LogP contribution in [0.2, 0.25) is 0 Å². The van der Waals surface area contributed by atoms with E-state index in [0.717, 1.165) is 21.9 Å². The zero-order valence-corrected chi connectivity index (χ0v) is 12.6. The van der Waals surface area contributed by atoms with Crippen molar-refractivity contribution >= 4 is 11.3 Å². The van der Waals surface area contributed by atoms with E-state index in [9.17, 15) is 0 Å². The maximum atomic E-state index is 9.05. The molecule has 0 aliphatic rings. The molecule has 0 aliphatic carbocycles. The van der Waals surface area contributed by atoms with Gasteiger partial charge in [-0.2, -0.15) is 5.26 Å². The first-order valence-corrected chi connectivity index (χ1v) is 7.03. The third-order valence-corrected chi connectivity index (χ3v) is 3.79. The van der Waals surface area contributed by atoms with Gasteiger partial charge in [-0.3, -0.25) is 0 Å². The van der Waals surface area contributed by atoms with Crippen LogP contribution in [-0.4, -0.2) is 12.1 Å². The number of nitrogens with zero attached hydrogens (tertiary/aromatic N) is 2. The third kappa shape index (κ3) is 3.35. The highest BCUT2D eigenvalue weighted by Crippen LogP contribution is 2.23. The summed E-state index contributed by atoms with van der Waals surface area (Å²) in [7, 11) is 1.59. The standard InChI is InChI=1S/C15H16N2O2S/c1-10-4-5-11(2)13(6-10)19-9-15-17-12(8-18-3)14(7-16)20-15/h4-6H,8-9H2,1-3H3. The number of rotatable bonds is 5. The first-order valence-electron chi connectivity index (χ1n) is 6.21. The molecule has 1 heterocycles. The van der Waals surface area contributed by atoms with Crippen LogP contribution in [0.25, 0.3) is 0 Å². The average Bonchev–Trinajstić information content (AvgIpc) is 2.82. The Bertz CT molecular complexity index is 644. The molecule has 1 aromatic carbocycles. The van der Waals surface area contributed by atoms with Gasteiger partial charge in [0.2, 0.25) is 0 Å². The number of hydrogen-bond acceptors (Lipinski definition) is 5. The van der Waals surface area contributed by atoms with E-state index in [1.165, 1.54) is 11.3 Å². The summed E-state index contributed by atoms with van der Waals surface area (Å²) in [5.41, 5.74) is 2.92. The Morgan fingerprint density at radius 3 is 2.80 bits per heavy atom. The molecule has 0 radical (unpaired) electrons. The minimum Gasteiger partial charge on any atom is -0.486 e. The predicted octanol–water partition coefficient (Wildman–Crippen LogP) is 3.36. The van der Waals surface area contributed by atoms with Crippen molar-refractivity contribution in [1.82, 2.24) is 4.98 Å². The number of benzene rings is 1. The van der Waals surface area contributed by atoms with E-state index in [1.807, 2.05) is 26.0 Å². The Hall–Kier alpha value is -1.90. The molecule has 0 amide bonds. The molecule has 20 heavy (non-hydrogen) atoms. The summed E-state index contributed by atoms with van der Waals surface area (Å²) in [6.07, 6.45) is 0. The molecule has 0 saturated heterocycles. The molecular weight excluding hydrogens is 272 g/mol. The smallest absolute Gasteiger partial charge is 0.140 e. The lowest BCUT2D eigenvalue weighted by Gasteiger charge is -2.08. The second kappa shape index (κ2) is 6.51. The fourth-order valence-electron chi connectivity index (χ4n) is 1.79. The molecule has 0 atom stereocenters. The fraction of sp³-hybridized carbons (Fsp3) is 0.333. The number of thiazole rings is 1.